The molecule has 5 nitrogen and oxygen atoms in total. The highest BCUT2D eigenvalue weighted by atomic mass is 16.5. The fourth-order valence-electron chi connectivity index (χ4n) is 0.882. The van der Waals surface area contributed by atoms with Crippen LogP contribution in [-0.4, -0.2) is 29.8 Å². The number of nitrogens with one attached hydrogen (secondary N) is 1. The Morgan fingerprint density at radius 3 is 3.08 bits per heavy atom. The van der Waals surface area contributed by atoms with Crippen molar-refractivity contribution < 1.29 is 9.47 Å². The molecule has 1 heterocycles. The molecule has 0 bridgehead atoms. The Balaban J connectivity index is 2.63. The van der Waals surface area contributed by atoms with Crippen LogP contribution in [-0.2, 0) is 4.74 Å². The summed E-state index contributed by atoms with van der Waals surface area (Å²) in [5.41, 5.74) is -0.328. The van der Waals surface area contributed by atoms with Gasteiger partial charge in [0.2, 0.25) is 0 Å². The van der Waals surface area contributed by atoms with Crippen molar-refractivity contribution in [2.75, 3.05) is 13.7 Å². The zero-order chi connectivity index (χ0) is 9.68. The van der Waals surface area contributed by atoms with Crippen LogP contribution in [0.4, 0.5) is 0 Å². The third-order valence-corrected chi connectivity index (χ3v) is 1.39. The molecule has 1 atom stereocenters. The second-order valence-corrected chi connectivity index (χ2v) is 2.61. The first-order valence-electron chi connectivity index (χ1n) is 3.93. The maximum Gasteiger partial charge on any atom is 0.310 e. The Labute approximate surface area is 75.7 Å². The molecule has 1 unspecified atom stereocenters. The van der Waals surface area contributed by atoms with E-state index in [1.54, 1.807) is 14.0 Å². The summed E-state index contributed by atoms with van der Waals surface area (Å²) >= 11 is 0. The number of aromatic nitrogens is 2. The van der Waals surface area contributed by atoms with Crippen LogP contribution in [0.1, 0.15) is 6.92 Å². The van der Waals surface area contributed by atoms with Gasteiger partial charge in [-0.25, -0.2) is 4.98 Å². The van der Waals surface area contributed by atoms with Crippen LogP contribution in [0.5, 0.6) is 5.88 Å². The Bertz CT molecular complexity index is 310. The van der Waals surface area contributed by atoms with Crippen LogP contribution in [0.2, 0.25) is 0 Å². The predicted octanol–water partition coefficient (Wildman–Crippen LogP) is 0.184. The van der Waals surface area contributed by atoms with Crippen molar-refractivity contribution >= 4 is 0 Å². The minimum absolute atomic E-state index is 0.0760. The van der Waals surface area contributed by atoms with E-state index in [4.69, 9.17) is 9.47 Å². The van der Waals surface area contributed by atoms with Crippen LogP contribution >= 0.6 is 0 Å². The first-order chi connectivity index (χ1) is 6.24. The van der Waals surface area contributed by atoms with Crippen LogP contribution in [0.25, 0.3) is 0 Å². The van der Waals surface area contributed by atoms with Gasteiger partial charge in [0.25, 0.3) is 5.88 Å². The first-order valence-corrected chi connectivity index (χ1v) is 3.93. The molecule has 1 aromatic rings. The standard InChI is InChI=1S/C8H12N2O3/c1-6(5-12-2)13-8-7(11)9-3-4-10-8/h3-4,6H,5H2,1-2H3,(H,9,11). The lowest BCUT2D eigenvalue weighted by molar-refractivity contribution is 0.0878. The Morgan fingerprint density at radius 1 is 1.69 bits per heavy atom. The molecule has 1 aromatic heterocycles. The highest BCUT2D eigenvalue weighted by molar-refractivity contribution is 5.02. The van der Waals surface area contributed by atoms with Gasteiger partial charge in [-0.05, 0) is 6.92 Å². The predicted molar refractivity (Wildman–Crippen MR) is 46.8 cm³/mol. The molecule has 1 N–H and O–H groups in total. The number of hydrogen-bond donors (Lipinski definition) is 1. The van der Waals surface area contributed by atoms with E-state index in [0.29, 0.717) is 6.61 Å². The highest BCUT2D eigenvalue weighted by Gasteiger charge is 2.06. The van der Waals surface area contributed by atoms with Crippen molar-refractivity contribution in [3.05, 3.63) is 22.7 Å². The maximum atomic E-state index is 11.1. The molecule has 13 heavy (non-hydrogen) atoms. The van der Waals surface area contributed by atoms with Gasteiger partial charge < -0.3 is 14.5 Å². The molecule has 0 aliphatic rings. The Morgan fingerprint density at radius 2 is 2.46 bits per heavy atom. The van der Waals surface area contributed by atoms with Crippen LogP contribution in [0.3, 0.4) is 0 Å². The van der Waals surface area contributed by atoms with Gasteiger partial charge in [-0.1, -0.05) is 0 Å². The van der Waals surface area contributed by atoms with Crippen LogP contribution < -0.4 is 10.3 Å². The van der Waals surface area contributed by atoms with Crippen molar-refractivity contribution in [1.82, 2.24) is 9.97 Å². The molecule has 0 aliphatic carbocycles. The second kappa shape index (κ2) is 4.61. The summed E-state index contributed by atoms with van der Waals surface area (Å²) in [5.74, 6) is 0.0760. The summed E-state index contributed by atoms with van der Waals surface area (Å²) < 4.78 is 10.1. The molecule has 0 fully saturated rings. The molecular formula is C8H12N2O3. The van der Waals surface area contributed by atoms with Gasteiger partial charge in [0.15, 0.2) is 0 Å². The number of ether oxygens (including phenoxy) is 2. The molecule has 0 aliphatic heterocycles. The minimum atomic E-state index is -0.328. The van der Waals surface area contributed by atoms with E-state index in [-0.39, 0.29) is 17.5 Å². The number of hydrogen-bond acceptors (Lipinski definition) is 4. The van der Waals surface area contributed by atoms with Gasteiger partial charge in [-0.2, -0.15) is 0 Å². The first kappa shape index (κ1) is 9.73. The van der Waals surface area contributed by atoms with Crippen LogP contribution in [0.15, 0.2) is 17.2 Å². The number of methoxy groups -OCH3 is 1. The zero-order valence-electron chi connectivity index (χ0n) is 7.61. The lowest BCUT2D eigenvalue weighted by atomic mass is 10.4. The van der Waals surface area contributed by atoms with Crippen molar-refractivity contribution in [3.8, 4) is 5.88 Å². The van der Waals surface area contributed by atoms with Gasteiger partial charge in [0.05, 0.1) is 6.61 Å². The van der Waals surface area contributed by atoms with E-state index in [2.05, 4.69) is 9.97 Å². The van der Waals surface area contributed by atoms with Gasteiger partial charge in [0, 0.05) is 19.5 Å². The van der Waals surface area contributed by atoms with E-state index in [9.17, 15) is 4.79 Å². The monoisotopic (exact) mass is 184 g/mol. The van der Waals surface area contributed by atoms with Crippen molar-refractivity contribution in [2.45, 2.75) is 13.0 Å². The molecule has 0 aromatic carbocycles. The summed E-state index contributed by atoms with van der Waals surface area (Å²) in [7, 11) is 1.57. The quantitative estimate of drug-likeness (QED) is 0.725. The number of aromatic amines is 1. The average molecular weight is 184 g/mol. The number of rotatable bonds is 4. The van der Waals surface area contributed by atoms with E-state index in [1.165, 1.54) is 12.4 Å². The molecule has 0 spiro atoms. The topological polar surface area (TPSA) is 64.2 Å². The van der Waals surface area contributed by atoms with Gasteiger partial charge in [-0.15, -0.1) is 0 Å². The molecule has 0 amide bonds. The third-order valence-electron chi connectivity index (χ3n) is 1.39. The summed E-state index contributed by atoms with van der Waals surface area (Å²) in [6, 6.07) is 0. The highest BCUT2D eigenvalue weighted by Crippen LogP contribution is 1.98. The van der Waals surface area contributed by atoms with E-state index in [0.717, 1.165) is 0 Å². The largest absolute Gasteiger partial charge is 0.468 e. The molecular weight excluding hydrogens is 172 g/mol. The molecule has 0 radical (unpaired) electrons. The van der Waals surface area contributed by atoms with E-state index in [1.807, 2.05) is 0 Å². The smallest absolute Gasteiger partial charge is 0.310 e. The maximum absolute atomic E-state index is 11.1. The van der Waals surface area contributed by atoms with E-state index >= 15 is 0 Å². The lowest BCUT2D eigenvalue weighted by Gasteiger charge is -2.10. The van der Waals surface area contributed by atoms with Crippen molar-refractivity contribution in [3.63, 3.8) is 0 Å². The summed E-state index contributed by atoms with van der Waals surface area (Å²) in [6.45, 7) is 2.23. The fraction of sp³-hybridized carbons (Fsp3) is 0.500. The molecule has 0 saturated heterocycles. The Kier molecular flexibility index (Phi) is 3.45. The van der Waals surface area contributed by atoms with Crippen molar-refractivity contribution in [1.29, 1.82) is 0 Å². The zero-order valence-corrected chi connectivity index (χ0v) is 7.61. The second-order valence-electron chi connectivity index (χ2n) is 2.61. The molecule has 72 valence electrons. The molecule has 0 saturated carbocycles. The van der Waals surface area contributed by atoms with E-state index < -0.39 is 0 Å². The average Bonchev–Trinajstić information content (AvgIpc) is 2.09. The minimum Gasteiger partial charge on any atom is -0.468 e. The summed E-state index contributed by atoms with van der Waals surface area (Å²) in [5, 5.41) is 0. The molecule has 1 rings (SSSR count). The van der Waals surface area contributed by atoms with Gasteiger partial charge in [0.1, 0.15) is 6.10 Å². The fourth-order valence-corrected chi connectivity index (χ4v) is 0.882. The van der Waals surface area contributed by atoms with Crippen molar-refractivity contribution in [2.24, 2.45) is 0 Å². The van der Waals surface area contributed by atoms with Crippen LogP contribution in [0, 0.1) is 0 Å². The number of H-pyrrole nitrogens is 1. The Hall–Kier alpha value is -1.36. The summed E-state index contributed by atoms with van der Waals surface area (Å²) in [6.07, 6.45) is 2.74. The molecule has 5 heteroatoms. The normalized spacial score (nSPS) is 12.5. The summed E-state index contributed by atoms with van der Waals surface area (Å²) in [4.78, 5) is 17.3. The number of nitrogens with zero attached hydrogens (tertiary/aromatic N) is 1. The lowest BCUT2D eigenvalue weighted by Crippen LogP contribution is -2.23. The van der Waals surface area contributed by atoms with Gasteiger partial charge >= 0.3 is 5.56 Å². The SMILES string of the molecule is COCC(C)Oc1ncc[nH]c1=O. The van der Waals surface area contributed by atoms with Gasteiger partial charge in [-0.3, -0.25) is 4.79 Å². The third kappa shape index (κ3) is 2.87.